The molecule has 1 aliphatic heterocycles. The number of hydrogen-bond acceptors (Lipinski definition) is 2. The number of nitrogens with zero attached hydrogens (tertiary/aromatic N) is 2. The Hall–Kier alpha value is -1.09. The van der Waals surface area contributed by atoms with Gasteiger partial charge in [-0.05, 0) is 37.7 Å². The van der Waals surface area contributed by atoms with Gasteiger partial charge in [0.15, 0.2) is 0 Å². The summed E-state index contributed by atoms with van der Waals surface area (Å²) < 4.78 is 13.1. The molecule has 82 valence electrons. The third-order valence-corrected chi connectivity index (χ3v) is 3.01. The maximum atomic E-state index is 13.1. The van der Waals surface area contributed by atoms with Crippen LogP contribution in [0.1, 0.15) is 5.56 Å². The Morgan fingerprint density at radius 2 is 1.80 bits per heavy atom. The second-order valence-electron chi connectivity index (χ2n) is 4.22. The molecule has 1 heterocycles. The van der Waals surface area contributed by atoms with E-state index < -0.39 is 0 Å². The summed E-state index contributed by atoms with van der Waals surface area (Å²) in [4.78, 5) is 4.62. The van der Waals surface area contributed by atoms with E-state index in [-0.39, 0.29) is 5.82 Å². The Morgan fingerprint density at radius 3 is 2.40 bits per heavy atom. The zero-order valence-corrected chi connectivity index (χ0v) is 9.33. The molecular weight excluding hydrogens is 191 g/mol. The summed E-state index contributed by atoms with van der Waals surface area (Å²) >= 11 is 0. The van der Waals surface area contributed by atoms with Crippen LogP contribution in [0.2, 0.25) is 0 Å². The van der Waals surface area contributed by atoms with Gasteiger partial charge in [-0.25, -0.2) is 4.39 Å². The maximum absolute atomic E-state index is 13.1. The minimum Gasteiger partial charge on any atom is -0.369 e. The fourth-order valence-corrected chi connectivity index (χ4v) is 1.89. The number of aryl methyl sites for hydroxylation is 1. The number of hydrogen-bond donors (Lipinski definition) is 0. The normalized spacial score (nSPS) is 18.2. The van der Waals surface area contributed by atoms with Crippen molar-refractivity contribution < 1.29 is 4.39 Å². The van der Waals surface area contributed by atoms with Gasteiger partial charge in [0.2, 0.25) is 0 Å². The molecule has 0 radical (unpaired) electrons. The molecule has 15 heavy (non-hydrogen) atoms. The van der Waals surface area contributed by atoms with Crippen molar-refractivity contribution in [3.8, 4) is 0 Å². The highest BCUT2D eigenvalue weighted by molar-refractivity contribution is 5.49. The number of anilines is 1. The highest BCUT2D eigenvalue weighted by atomic mass is 19.1. The monoisotopic (exact) mass is 208 g/mol. The topological polar surface area (TPSA) is 6.48 Å². The molecular formula is C12H17FN2. The minimum atomic E-state index is -0.118. The molecule has 3 heteroatoms. The zero-order chi connectivity index (χ0) is 10.8. The number of likely N-dealkylation sites (N-methyl/N-ethyl adjacent to an activating group) is 1. The van der Waals surface area contributed by atoms with Crippen molar-refractivity contribution in [1.82, 2.24) is 4.90 Å². The van der Waals surface area contributed by atoms with Gasteiger partial charge in [0.25, 0.3) is 0 Å². The van der Waals surface area contributed by atoms with Crippen LogP contribution in [0.5, 0.6) is 0 Å². The van der Waals surface area contributed by atoms with Crippen LogP contribution in [-0.2, 0) is 0 Å². The molecule has 0 atom stereocenters. The summed E-state index contributed by atoms with van der Waals surface area (Å²) in [5.74, 6) is -0.118. The van der Waals surface area contributed by atoms with Crippen LogP contribution in [0, 0.1) is 12.7 Å². The molecule has 1 fully saturated rings. The predicted octanol–water partition coefficient (Wildman–Crippen LogP) is 1.89. The van der Waals surface area contributed by atoms with Crippen LogP contribution in [0.3, 0.4) is 0 Å². The number of benzene rings is 1. The fraction of sp³-hybridized carbons (Fsp3) is 0.500. The summed E-state index contributed by atoms with van der Waals surface area (Å²) in [5.41, 5.74) is 1.87. The lowest BCUT2D eigenvalue weighted by Crippen LogP contribution is -2.44. The van der Waals surface area contributed by atoms with Crippen molar-refractivity contribution in [2.75, 3.05) is 38.1 Å². The number of halogens is 1. The lowest BCUT2D eigenvalue weighted by molar-refractivity contribution is 0.313. The predicted molar refractivity (Wildman–Crippen MR) is 60.8 cm³/mol. The molecule has 0 amide bonds. The Kier molecular flexibility index (Phi) is 2.91. The Labute approximate surface area is 90.3 Å². The van der Waals surface area contributed by atoms with Gasteiger partial charge in [0, 0.05) is 31.9 Å². The quantitative estimate of drug-likeness (QED) is 0.695. The molecule has 0 saturated carbocycles. The van der Waals surface area contributed by atoms with E-state index in [2.05, 4.69) is 16.8 Å². The van der Waals surface area contributed by atoms with E-state index in [1.807, 2.05) is 19.1 Å². The zero-order valence-electron chi connectivity index (χ0n) is 9.33. The highest BCUT2D eigenvalue weighted by Crippen LogP contribution is 2.19. The highest BCUT2D eigenvalue weighted by Gasteiger charge is 2.14. The van der Waals surface area contributed by atoms with Gasteiger partial charge >= 0.3 is 0 Å². The van der Waals surface area contributed by atoms with Crippen molar-refractivity contribution >= 4 is 5.69 Å². The van der Waals surface area contributed by atoms with Crippen LogP contribution >= 0.6 is 0 Å². The van der Waals surface area contributed by atoms with Crippen LogP contribution in [-0.4, -0.2) is 38.1 Å². The van der Waals surface area contributed by atoms with Crippen molar-refractivity contribution in [1.29, 1.82) is 0 Å². The minimum absolute atomic E-state index is 0.118. The molecule has 1 saturated heterocycles. The third kappa shape index (κ3) is 2.29. The van der Waals surface area contributed by atoms with Gasteiger partial charge in [0.1, 0.15) is 5.82 Å². The van der Waals surface area contributed by atoms with E-state index in [4.69, 9.17) is 0 Å². The average Bonchev–Trinajstić information content (AvgIpc) is 2.23. The number of piperazine rings is 1. The Morgan fingerprint density at radius 1 is 1.13 bits per heavy atom. The summed E-state index contributed by atoms with van der Waals surface area (Å²) in [6.45, 7) is 6.03. The van der Waals surface area contributed by atoms with Crippen LogP contribution < -0.4 is 4.90 Å². The maximum Gasteiger partial charge on any atom is 0.126 e. The molecule has 1 aliphatic rings. The Bertz CT molecular complexity index is 343. The van der Waals surface area contributed by atoms with Crippen LogP contribution in [0.4, 0.5) is 10.1 Å². The van der Waals surface area contributed by atoms with E-state index in [1.54, 1.807) is 6.07 Å². The lowest BCUT2D eigenvalue weighted by Gasteiger charge is -2.34. The number of rotatable bonds is 1. The van der Waals surface area contributed by atoms with Crippen LogP contribution in [0.15, 0.2) is 18.2 Å². The summed E-state index contributed by atoms with van der Waals surface area (Å²) in [5, 5.41) is 0. The first-order valence-corrected chi connectivity index (χ1v) is 5.36. The third-order valence-electron chi connectivity index (χ3n) is 3.01. The van der Waals surface area contributed by atoms with Crippen LogP contribution in [0.25, 0.3) is 0 Å². The van der Waals surface area contributed by atoms with Gasteiger partial charge in [-0.3, -0.25) is 0 Å². The molecule has 1 aromatic rings. The van der Waals surface area contributed by atoms with E-state index in [1.165, 1.54) is 0 Å². The molecule has 2 nitrogen and oxygen atoms in total. The molecule has 0 bridgehead atoms. The van der Waals surface area contributed by atoms with Gasteiger partial charge in [-0.15, -0.1) is 0 Å². The molecule has 0 aromatic heterocycles. The molecule has 0 unspecified atom stereocenters. The summed E-state index contributed by atoms with van der Waals surface area (Å²) in [6, 6.07) is 5.36. The molecule has 0 aliphatic carbocycles. The van der Waals surface area contributed by atoms with Crippen molar-refractivity contribution in [3.05, 3.63) is 29.6 Å². The largest absolute Gasteiger partial charge is 0.369 e. The van der Waals surface area contributed by atoms with Crippen molar-refractivity contribution in [2.45, 2.75) is 6.92 Å². The first kappa shape index (κ1) is 10.4. The van der Waals surface area contributed by atoms with Gasteiger partial charge in [0.05, 0.1) is 0 Å². The molecule has 1 aromatic carbocycles. The smallest absolute Gasteiger partial charge is 0.126 e. The summed E-state index contributed by atoms with van der Waals surface area (Å²) in [7, 11) is 2.13. The van der Waals surface area contributed by atoms with Gasteiger partial charge < -0.3 is 9.80 Å². The standard InChI is InChI=1S/C12H17FN2/c1-10-9-11(3-4-12(10)13)15-7-5-14(2)6-8-15/h3-4,9H,5-8H2,1-2H3. The van der Waals surface area contributed by atoms with E-state index in [9.17, 15) is 4.39 Å². The molecule has 0 spiro atoms. The first-order valence-electron chi connectivity index (χ1n) is 5.36. The van der Waals surface area contributed by atoms with Crippen molar-refractivity contribution in [3.63, 3.8) is 0 Å². The lowest BCUT2D eigenvalue weighted by atomic mass is 10.2. The summed E-state index contributed by atoms with van der Waals surface area (Å²) in [6.07, 6.45) is 0. The second kappa shape index (κ2) is 4.19. The molecule has 0 N–H and O–H groups in total. The van der Waals surface area contributed by atoms with E-state index in [0.717, 1.165) is 37.4 Å². The van der Waals surface area contributed by atoms with Gasteiger partial charge in [-0.2, -0.15) is 0 Å². The first-order chi connectivity index (χ1) is 7.16. The van der Waals surface area contributed by atoms with E-state index in [0.29, 0.717) is 0 Å². The average molecular weight is 208 g/mol. The molecule has 2 rings (SSSR count). The fourth-order valence-electron chi connectivity index (χ4n) is 1.89. The van der Waals surface area contributed by atoms with E-state index >= 15 is 0 Å². The second-order valence-corrected chi connectivity index (χ2v) is 4.22. The SMILES string of the molecule is Cc1cc(N2CCN(C)CC2)ccc1F. The Balaban J connectivity index is 2.12. The van der Waals surface area contributed by atoms with Gasteiger partial charge in [-0.1, -0.05) is 0 Å². The van der Waals surface area contributed by atoms with Crippen molar-refractivity contribution in [2.24, 2.45) is 0 Å².